The number of benzene rings is 1. The number of halogens is 1. The van der Waals surface area contributed by atoms with Gasteiger partial charge in [0.05, 0.1) is 5.03 Å². The lowest BCUT2D eigenvalue weighted by molar-refractivity contribution is -0.148. The van der Waals surface area contributed by atoms with Crippen LogP contribution in [0.3, 0.4) is 0 Å². The highest BCUT2D eigenvalue weighted by Gasteiger charge is 2.26. The standard InChI is InChI=1S/C11H10ClNO3/c12-8-6-13-10(11(14)15)16-9(8)7-4-2-1-3-5-7/h1-5,10,13H,6H2,(H,14,15). The molecule has 0 amide bonds. The average molecular weight is 240 g/mol. The van der Waals surface area contributed by atoms with Gasteiger partial charge in [-0.1, -0.05) is 41.9 Å². The normalized spacial score (nSPS) is 20.4. The number of carboxylic acid groups (broad SMARTS) is 1. The van der Waals surface area contributed by atoms with Gasteiger partial charge in [-0.3, -0.25) is 5.32 Å². The third kappa shape index (κ3) is 2.18. The Morgan fingerprint density at radius 2 is 2.12 bits per heavy atom. The van der Waals surface area contributed by atoms with Gasteiger partial charge in [-0.2, -0.15) is 0 Å². The summed E-state index contributed by atoms with van der Waals surface area (Å²) >= 11 is 5.99. The molecule has 0 aromatic heterocycles. The molecular formula is C11H10ClNO3. The molecular weight excluding hydrogens is 230 g/mol. The highest BCUT2D eigenvalue weighted by molar-refractivity contribution is 6.32. The van der Waals surface area contributed by atoms with Crippen molar-refractivity contribution in [2.45, 2.75) is 6.23 Å². The van der Waals surface area contributed by atoms with Crippen molar-refractivity contribution in [1.82, 2.24) is 5.32 Å². The minimum absolute atomic E-state index is 0.294. The molecule has 1 aliphatic heterocycles. The maximum absolute atomic E-state index is 10.8. The van der Waals surface area contributed by atoms with Crippen LogP contribution < -0.4 is 5.32 Å². The number of ether oxygens (including phenoxy) is 1. The van der Waals surface area contributed by atoms with Gasteiger partial charge in [0.2, 0.25) is 6.23 Å². The van der Waals surface area contributed by atoms with Crippen LogP contribution in [-0.2, 0) is 9.53 Å². The van der Waals surface area contributed by atoms with Gasteiger partial charge < -0.3 is 9.84 Å². The number of carboxylic acids is 1. The maximum Gasteiger partial charge on any atom is 0.360 e. The predicted octanol–water partition coefficient (Wildman–Crippen LogP) is 1.62. The van der Waals surface area contributed by atoms with Crippen LogP contribution in [0.2, 0.25) is 0 Å². The van der Waals surface area contributed by atoms with Crippen LogP contribution in [0, 0.1) is 0 Å². The molecule has 0 aliphatic carbocycles. The molecule has 1 heterocycles. The molecule has 0 saturated carbocycles. The van der Waals surface area contributed by atoms with Crippen molar-refractivity contribution in [2.24, 2.45) is 0 Å². The first-order valence-corrected chi connectivity index (χ1v) is 5.13. The van der Waals surface area contributed by atoms with Crippen LogP contribution in [0.4, 0.5) is 0 Å². The number of rotatable bonds is 2. The second-order valence-corrected chi connectivity index (χ2v) is 3.77. The molecule has 5 heteroatoms. The summed E-state index contributed by atoms with van der Waals surface area (Å²) in [5.74, 6) is -0.633. The Morgan fingerprint density at radius 1 is 1.44 bits per heavy atom. The fourth-order valence-corrected chi connectivity index (χ4v) is 1.67. The van der Waals surface area contributed by atoms with E-state index in [-0.39, 0.29) is 0 Å². The zero-order valence-corrected chi connectivity index (χ0v) is 9.07. The second-order valence-electron chi connectivity index (χ2n) is 3.32. The van der Waals surface area contributed by atoms with Gasteiger partial charge in [-0.05, 0) is 0 Å². The number of hydrogen-bond acceptors (Lipinski definition) is 3. The molecule has 1 atom stereocenters. The first-order chi connectivity index (χ1) is 7.68. The van der Waals surface area contributed by atoms with E-state index in [0.29, 0.717) is 17.3 Å². The molecule has 84 valence electrons. The van der Waals surface area contributed by atoms with Gasteiger partial charge in [0.25, 0.3) is 0 Å². The van der Waals surface area contributed by atoms with Crippen LogP contribution in [-0.4, -0.2) is 23.8 Å². The van der Waals surface area contributed by atoms with E-state index < -0.39 is 12.2 Å². The lowest BCUT2D eigenvalue weighted by Gasteiger charge is -2.24. The minimum Gasteiger partial charge on any atom is -0.477 e. The second kappa shape index (κ2) is 4.55. The predicted molar refractivity (Wildman–Crippen MR) is 59.7 cm³/mol. The molecule has 0 bridgehead atoms. The van der Waals surface area contributed by atoms with Gasteiger partial charge in [0.15, 0.2) is 0 Å². The molecule has 0 saturated heterocycles. The molecule has 0 spiro atoms. The summed E-state index contributed by atoms with van der Waals surface area (Å²) in [6, 6.07) is 9.19. The van der Waals surface area contributed by atoms with E-state index in [0.717, 1.165) is 5.56 Å². The zero-order valence-electron chi connectivity index (χ0n) is 8.31. The molecule has 16 heavy (non-hydrogen) atoms. The van der Waals surface area contributed by atoms with Crippen molar-refractivity contribution in [3.05, 3.63) is 40.9 Å². The van der Waals surface area contributed by atoms with Crippen molar-refractivity contribution in [3.63, 3.8) is 0 Å². The Kier molecular flexibility index (Phi) is 3.12. The molecule has 2 rings (SSSR count). The Morgan fingerprint density at radius 3 is 2.75 bits per heavy atom. The lowest BCUT2D eigenvalue weighted by atomic mass is 10.1. The fourth-order valence-electron chi connectivity index (χ4n) is 1.44. The fraction of sp³-hybridized carbons (Fsp3) is 0.182. The van der Waals surface area contributed by atoms with Gasteiger partial charge in [0, 0.05) is 12.1 Å². The maximum atomic E-state index is 10.8. The molecule has 2 N–H and O–H groups in total. The average Bonchev–Trinajstić information content (AvgIpc) is 2.30. The summed E-state index contributed by atoms with van der Waals surface area (Å²) in [6.45, 7) is 0.294. The third-order valence-corrected chi connectivity index (χ3v) is 2.49. The van der Waals surface area contributed by atoms with E-state index in [1.807, 2.05) is 30.3 Å². The summed E-state index contributed by atoms with van der Waals surface area (Å²) in [6.07, 6.45) is -1.04. The molecule has 4 nitrogen and oxygen atoms in total. The van der Waals surface area contributed by atoms with Crippen molar-refractivity contribution >= 4 is 23.3 Å². The summed E-state index contributed by atoms with van der Waals surface area (Å²) < 4.78 is 5.28. The zero-order chi connectivity index (χ0) is 11.5. The number of aliphatic carboxylic acids is 1. The summed E-state index contributed by atoms with van der Waals surface area (Å²) in [7, 11) is 0. The highest BCUT2D eigenvalue weighted by Crippen LogP contribution is 2.26. The molecule has 1 aromatic rings. The Hall–Kier alpha value is -1.52. The van der Waals surface area contributed by atoms with Crippen molar-refractivity contribution in [3.8, 4) is 0 Å². The molecule has 1 aliphatic rings. The summed E-state index contributed by atoms with van der Waals surface area (Å²) in [4.78, 5) is 10.8. The summed E-state index contributed by atoms with van der Waals surface area (Å²) in [5, 5.41) is 12.0. The Balaban J connectivity index is 2.29. The van der Waals surface area contributed by atoms with Crippen LogP contribution >= 0.6 is 11.6 Å². The van der Waals surface area contributed by atoms with E-state index in [2.05, 4.69) is 5.32 Å². The van der Waals surface area contributed by atoms with Crippen LogP contribution in [0.15, 0.2) is 35.4 Å². The quantitative estimate of drug-likeness (QED) is 0.824. The van der Waals surface area contributed by atoms with Crippen molar-refractivity contribution in [2.75, 3.05) is 6.54 Å². The van der Waals surface area contributed by atoms with Crippen LogP contribution in [0.25, 0.3) is 5.76 Å². The Labute approximate surface area is 97.5 Å². The SMILES string of the molecule is O=C(O)C1NCC(Cl)=C(c2ccccc2)O1. The first kappa shape index (κ1) is 11.0. The first-order valence-electron chi connectivity index (χ1n) is 4.75. The van der Waals surface area contributed by atoms with E-state index in [1.165, 1.54) is 0 Å². The van der Waals surface area contributed by atoms with Crippen LogP contribution in [0.1, 0.15) is 5.56 Å². The largest absolute Gasteiger partial charge is 0.477 e. The highest BCUT2D eigenvalue weighted by atomic mass is 35.5. The van der Waals surface area contributed by atoms with E-state index in [9.17, 15) is 4.79 Å². The summed E-state index contributed by atoms with van der Waals surface area (Å²) in [5.41, 5.74) is 0.778. The monoisotopic (exact) mass is 239 g/mol. The molecule has 0 fully saturated rings. The molecule has 1 unspecified atom stereocenters. The lowest BCUT2D eigenvalue weighted by Crippen LogP contribution is -2.42. The van der Waals surface area contributed by atoms with Gasteiger partial charge in [-0.15, -0.1) is 0 Å². The van der Waals surface area contributed by atoms with Crippen LogP contribution in [0.5, 0.6) is 0 Å². The van der Waals surface area contributed by atoms with E-state index in [4.69, 9.17) is 21.4 Å². The van der Waals surface area contributed by atoms with Gasteiger partial charge in [0.1, 0.15) is 5.76 Å². The van der Waals surface area contributed by atoms with Crippen molar-refractivity contribution < 1.29 is 14.6 Å². The Bertz CT molecular complexity index is 430. The third-order valence-electron chi connectivity index (χ3n) is 2.19. The number of carbonyl (C=O) groups is 1. The van der Waals surface area contributed by atoms with Crippen molar-refractivity contribution in [1.29, 1.82) is 0 Å². The topological polar surface area (TPSA) is 58.6 Å². The van der Waals surface area contributed by atoms with E-state index in [1.54, 1.807) is 0 Å². The minimum atomic E-state index is -1.06. The molecule has 0 radical (unpaired) electrons. The number of nitrogens with one attached hydrogen (secondary N) is 1. The van der Waals surface area contributed by atoms with Gasteiger partial charge >= 0.3 is 5.97 Å². The molecule has 1 aromatic carbocycles. The van der Waals surface area contributed by atoms with Gasteiger partial charge in [-0.25, -0.2) is 4.79 Å². The van der Waals surface area contributed by atoms with E-state index >= 15 is 0 Å². The smallest absolute Gasteiger partial charge is 0.360 e. The number of hydrogen-bond donors (Lipinski definition) is 2.